The number of Topliss-reactive ketones (excluding diaryl/α,β-unsaturated/α-hetero) is 1. The summed E-state index contributed by atoms with van der Waals surface area (Å²) in [5, 5.41) is 0. The maximum atomic E-state index is 12.9. The lowest BCUT2D eigenvalue weighted by molar-refractivity contribution is -0.120. The van der Waals surface area contributed by atoms with Gasteiger partial charge in [-0.2, -0.15) is 0 Å². The smallest absolute Gasteiger partial charge is 0.159 e. The van der Waals surface area contributed by atoms with E-state index >= 15 is 0 Å². The van der Waals surface area contributed by atoms with Crippen LogP contribution in [0.4, 0.5) is 8.78 Å². The first-order valence-electron chi connectivity index (χ1n) is 5.14. The molecule has 0 spiro atoms. The molecule has 0 aliphatic carbocycles. The molecule has 1 unspecified atom stereocenters. The van der Waals surface area contributed by atoms with Crippen molar-refractivity contribution in [2.45, 2.75) is 26.3 Å². The molecule has 16 heavy (non-hydrogen) atoms. The van der Waals surface area contributed by atoms with Crippen molar-refractivity contribution in [2.24, 2.45) is 11.7 Å². The molecule has 0 saturated carbocycles. The van der Waals surface area contributed by atoms with Crippen molar-refractivity contribution < 1.29 is 13.6 Å². The fourth-order valence-corrected chi connectivity index (χ4v) is 1.34. The summed E-state index contributed by atoms with van der Waals surface area (Å²) < 4.78 is 25.5. The molecule has 1 aromatic carbocycles. The Balaban J connectivity index is 2.74. The van der Waals surface area contributed by atoms with Gasteiger partial charge in [0.05, 0.1) is 6.04 Å². The molecule has 0 aromatic heterocycles. The Labute approximate surface area is 93.5 Å². The standard InChI is InChI=1S/C12H15F2NO/c1-7(2)12(15)11(16)6-8-3-4-9(13)10(14)5-8/h3-5,7,12H,6,15H2,1-2H3. The number of carbonyl (C=O) groups excluding carboxylic acids is 1. The molecule has 1 aromatic rings. The van der Waals surface area contributed by atoms with Gasteiger partial charge in [-0.15, -0.1) is 0 Å². The SMILES string of the molecule is CC(C)C(N)C(=O)Cc1ccc(F)c(F)c1. The number of hydrogen-bond acceptors (Lipinski definition) is 2. The van der Waals surface area contributed by atoms with Gasteiger partial charge in [-0.3, -0.25) is 4.79 Å². The van der Waals surface area contributed by atoms with Crippen molar-refractivity contribution in [3.05, 3.63) is 35.4 Å². The second-order valence-electron chi connectivity index (χ2n) is 4.16. The number of carbonyl (C=O) groups is 1. The fourth-order valence-electron chi connectivity index (χ4n) is 1.34. The Bertz CT molecular complexity index is 391. The molecular weight excluding hydrogens is 212 g/mol. The van der Waals surface area contributed by atoms with Crippen molar-refractivity contribution in [1.29, 1.82) is 0 Å². The minimum absolute atomic E-state index is 0.0382. The van der Waals surface area contributed by atoms with Crippen LogP contribution in [0.2, 0.25) is 0 Å². The number of halogens is 2. The minimum Gasteiger partial charge on any atom is -0.321 e. The second-order valence-corrected chi connectivity index (χ2v) is 4.16. The molecule has 0 bridgehead atoms. The Morgan fingerprint density at radius 1 is 1.31 bits per heavy atom. The van der Waals surface area contributed by atoms with Crippen LogP contribution in [0.5, 0.6) is 0 Å². The third-order valence-corrected chi connectivity index (χ3v) is 2.45. The summed E-state index contributed by atoms with van der Waals surface area (Å²) in [6.45, 7) is 3.68. The quantitative estimate of drug-likeness (QED) is 0.855. The normalized spacial score (nSPS) is 12.9. The maximum absolute atomic E-state index is 12.9. The Morgan fingerprint density at radius 2 is 1.94 bits per heavy atom. The molecule has 1 rings (SSSR count). The van der Waals surface area contributed by atoms with Crippen LogP contribution >= 0.6 is 0 Å². The first kappa shape index (κ1) is 12.8. The van der Waals surface area contributed by atoms with E-state index in [-0.39, 0.29) is 18.1 Å². The van der Waals surface area contributed by atoms with Gasteiger partial charge in [0.25, 0.3) is 0 Å². The molecule has 0 aliphatic heterocycles. The molecule has 4 heteroatoms. The summed E-state index contributed by atoms with van der Waals surface area (Å²) in [5.74, 6) is -1.98. The first-order valence-corrected chi connectivity index (χ1v) is 5.14. The average Bonchev–Trinajstić information content (AvgIpc) is 2.22. The highest BCUT2D eigenvalue weighted by Gasteiger charge is 2.17. The van der Waals surface area contributed by atoms with Gasteiger partial charge in [-0.1, -0.05) is 19.9 Å². The van der Waals surface area contributed by atoms with Crippen molar-refractivity contribution in [1.82, 2.24) is 0 Å². The lowest BCUT2D eigenvalue weighted by Gasteiger charge is -2.14. The van der Waals surface area contributed by atoms with Gasteiger partial charge >= 0.3 is 0 Å². The van der Waals surface area contributed by atoms with Crippen LogP contribution in [0.25, 0.3) is 0 Å². The Hall–Kier alpha value is -1.29. The van der Waals surface area contributed by atoms with Crippen LogP contribution < -0.4 is 5.73 Å². The van der Waals surface area contributed by atoms with Gasteiger partial charge < -0.3 is 5.73 Å². The molecule has 0 saturated heterocycles. The molecule has 0 amide bonds. The molecule has 0 aliphatic rings. The highest BCUT2D eigenvalue weighted by atomic mass is 19.2. The van der Waals surface area contributed by atoms with E-state index < -0.39 is 17.7 Å². The number of benzene rings is 1. The second kappa shape index (κ2) is 5.16. The summed E-state index contributed by atoms with van der Waals surface area (Å²) in [6, 6.07) is 2.87. The number of hydrogen-bond donors (Lipinski definition) is 1. The van der Waals surface area contributed by atoms with E-state index in [4.69, 9.17) is 5.73 Å². The zero-order chi connectivity index (χ0) is 12.3. The molecule has 2 nitrogen and oxygen atoms in total. The lowest BCUT2D eigenvalue weighted by atomic mass is 9.96. The zero-order valence-electron chi connectivity index (χ0n) is 9.34. The first-order chi connectivity index (χ1) is 7.41. The van der Waals surface area contributed by atoms with Crippen LogP contribution in [0, 0.1) is 17.6 Å². The average molecular weight is 227 g/mol. The van der Waals surface area contributed by atoms with Crippen LogP contribution in [0.3, 0.4) is 0 Å². The van der Waals surface area contributed by atoms with Gasteiger partial charge in [0.1, 0.15) is 0 Å². The van der Waals surface area contributed by atoms with Gasteiger partial charge in [0, 0.05) is 6.42 Å². The monoisotopic (exact) mass is 227 g/mol. The van der Waals surface area contributed by atoms with E-state index in [0.717, 1.165) is 12.1 Å². The van der Waals surface area contributed by atoms with Crippen LogP contribution in [-0.4, -0.2) is 11.8 Å². The fraction of sp³-hybridized carbons (Fsp3) is 0.417. The predicted octanol–water partition coefficient (Wildman–Crippen LogP) is 2.06. The lowest BCUT2D eigenvalue weighted by Crippen LogP contribution is -2.36. The number of rotatable bonds is 4. The van der Waals surface area contributed by atoms with Crippen molar-refractivity contribution >= 4 is 5.78 Å². The Morgan fingerprint density at radius 3 is 2.44 bits per heavy atom. The molecule has 0 heterocycles. The van der Waals surface area contributed by atoms with Crippen LogP contribution in [0.1, 0.15) is 19.4 Å². The van der Waals surface area contributed by atoms with E-state index in [1.165, 1.54) is 6.07 Å². The van der Waals surface area contributed by atoms with Crippen LogP contribution in [-0.2, 0) is 11.2 Å². The van der Waals surface area contributed by atoms with Gasteiger partial charge in [0.15, 0.2) is 17.4 Å². The zero-order valence-corrected chi connectivity index (χ0v) is 9.34. The summed E-state index contributed by atoms with van der Waals surface area (Å²) in [7, 11) is 0. The summed E-state index contributed by atoms with van der Waals surface area (Å²) in [5.41, 5.74) is 6.10. The topological polar surface area (TPSA) is 43.1 Å². The van der Waals surface area contributed by atoms with E-state index in [2.05, 4.69) is 0 Å². The van der Waals surface area contributed by atoms with Crippen molar-refractivity contribution in [3.8, 4) is 0 Å². The van der Waals surface area contributed by atoms with Gasteiger partial charge in [-0.05, 0) is 23.6 Å². The highest BCUT2D eigenvalue weighted by Crippen LogP contribution is 2.11. The summed E-state index contributed by atoms with van der Waals surface area (Å²) >= 11 is 0. The van der Waals surface area contributed by atoms with Gasteiger partial charge in [-0.25, -0.2) is 8.78 Å². The number of ketones is 1. The van der Waals surface area contributed by atoms with Crippen molar-refractivity contribution in [3.63, 3.8) is 0 Å². The molecule has 1 atom stereocenters. The highest BCUT2D eigenvalue weighted by molar-refractivity contribution is 5.86. The predicted molar refractivity (Wildman–Crippen MR) is 57.9 cm³/mol. The minimum atomic E-state index is -0.941. The maximum Gasteiger partial charge on any atom is 0.159 e. The third-order valence-electron chi connectivity index (χ3n) is 2.45. The molecule has 2 N–H and O–H groups in total. The van der Waals surface area contributed by atoms with Gasteiger partial charge in [0.2, 0.25) is 0 Å². The molecular formula is C12H15F2NO. The van der Waals surface area contributed by atoms with E-state index in [9.17, 15) is 13.6 Å². The molecule has 88 valence electrons. The van der Waals surface area contributed by atoms with E-state index in [0.29, 0.717) is 5.56 Å². The van der Waals surface area contributed by atoms with Crippen molar-refractivity contribution in [2.75, 3.05) is 0 Å². The summed E-state index contributed by atoms with van der Waals surface area (Å²) in [4.78, 5) is 11.6. The van der Waals surface area contributed by atoms with E-state index in [1.807, 2.05) is 13.8 Å². The summed E-state index contributed by atoms with van der Waals surface area (Å²) in [6.07, 6.45) is 0.0382. The van der Waals surface area contributed by atoms with Crippen LogP contribution in [0.15, 0.2) is 18.2 Å². The molecule has 0 fully saturated rings. The largest absolute Gasteiger partial charge is 0.321 e. The van der Waals surface area contributed by atoms with E-state index in [1.54, 1.807) is 0 Å². The Kier molecular flexibility index (Phi) is 4.12. The number of nitrogens with two attached hydrogens (primary N) is 1. The third kappa shape index (κ3) is 3.10. The molecule has 0 radical (unpaired) electrons.